The lowest BCUT2D eigenvalue weighted by molar-refractivity contribution is -0.386. The van der Waals surface area contributed by atoms with Crippen LogP contribution in [-0.2, 0) is 6.54 Å². The molecule has 1 heterocycles. The molecule has 0 saturated heterocycles. The highest BCUT2D eigenvalue weighted by atomic mass is 16.6. The molecule has 0 aliphatic carbocycles. The van der Waals surface area contributed by atoms with Crippen LogP contribution in [0, 0.1) is 15.5 Å². The van der Waals surface area contributed by atoms with Crippen LogP contribution in [0.2, 0.25) is 0 Å². The first-order chi connectivity index (χ1) is 7.70. The second-order valence-electron chi connectivity index (χ2n) is 5.03. The lowest BCUT2D eigenvalue weighted by Gasteiger charge is -2.18. The maximum absolute atomic E-state index is 11.4. The predicted molar refractivity (Wildman–Crippen MR) is 62.0 cm³/mol. The predicted octanol–water partition coefficient (Wildman–Crippen LogP) is 0.881. The summed E-state index contributed by atoms with van der Waals surface area (Å²) in [4.78, 5) is 34.2. The van der Waals surface area contributed by atoms with Gasteiger partial charge in [-0.3, -0.25) is 24.5 Å². The minimum Gasteiger partial charge on any atom is -0.294 e. The van der Waals surface area contributed by atoms with Gasteiger partial charge in [-0.25, -0.2) is 4.79 Å². The molecular formula is C10H15N3O4. The molecule has 0 aromatic carbocycles. The third kappa shape index (κ3) is 3.54. The van der Waals surface area contributed by atoms with Crippen LogP contribution in [0.3, 0.4) is 0 Å². The quantitative estimate of drug-likeness (QED) is 0.627. The molecule has 7 nitrogen and oxygen atoms in total. The molecule has 0 atom stereocenters. The summed E-state index contributed by atoms with van der Waals surface area (Å²) in [5, 5.41) is 10.6. The van der Waals surface area contributed by atoms with E-state index < -0.39 is 21.9 Å². The van der Waals surface area contributed by atoms with Crippen molar-refractivity contribution in [3.63, 3.8) is 0 Å². The third-order valence-corrected chi connectivity index (χ3v) is 2.29. The molecule has 0 aliphatic heterocycles. The summed E-state index contributed by atoms with van der Waals surface area (Å²) in [6.45, 7) is 6.33. The fourth-order valence-corrected chi connectivity index (χ4v) is 1.25. The van der Waals surface area contributed by atoms with E-state index in [0.29, 0.717) is 13.0 Å². The molecule has 0 fully saturated rings. The highest BCUT2D eigenvalue weighted by Gasteiger charge is 2.16. The van der Waals surface area contributed by atoms with Gasteiger partial charge in [-0.15, -0.1) is 0 Å². The van der Waals surface area contributed by atoms with Gasteiger partial charge in [-0.2, -0.15) is 0 Å². The monoisotopic (exact) mass is 241 g/mol. The first-order valence-corrected chi connectivity index (χ1v) is 5.19. The summed E-state index contributed by atoms with van der Waals surface area (Å²) >= 11 is 0. The summed E-state index contributed by atoms with van der Waals surface area (Å²) < 4.78 is 1.16. The smallest absolute Gasteiger partial charge is 0.294 e. The van der Waals surface area contributed by atoms with E-state index in [1.165, 1.54) is 0 Å². The summed E-state index contributed by atoms with van der Waals surface area (Å²) in [5.74, 6) is 0. The van der Waals surface area contributed by atoms with Crippen LogP contribution >= 0.6 is 0 Å². The zero-order valence-corrected chi connectivity index (χ0v) is 10.0. The van der Waals surface area contributed by atoms with Crippen LogP contribution < -0.4 is 11.2 Å². The Kier molecular flexibility index (Phi) is 3.50. The summed E-state index contributed by atoms with van der Waals surface area (Å²) in [6.07, 6.45) is 1.67. The summed E-state index contributed by atoms with van der Waals surface area (Å²) in [5.41, 5.74) is -2.19. The van der Waals surface area contributed by atoms with Gasteiger partial charge in [-0.1, -0.05) is 20.8 Å². The van der Waals surface area contributed by atoms with Crippen molar-refractivity contribution < 1.29 is 4.92 Å². The minimum absolute atomic E-state index is 0.00432. The largest absolute Gasteiger partial charge is 0.350 e. The molecule has 7 heteroatoms. The number of rotatable bonds is 3. The summed E-state index contributed by atoms with van der Waals surface area (Å²) in [6, 6.07) is 0. The highest BCUT2D eigenvalue weighted by Crippen LogP contribution is 2.18. The van der Waals surface area contributed by atoms with E-state index in [9.17, 15) is 19.7 Å². The van der Waals surface area contributed by atoms with Crippen LogP contribution in [0.25, 0.3) is 0 Å². The van der Waals surface area contributed by atoms with Crippen LogP contribution in [0.15, 0.2) is 15.8 Å². The summed E-state index contributed by atoms with van der Waals surface area (Å²) in [7, 11) is 0. The van der Waals surface area contributed by atoms with Gasteiger partial charge in [0.15, 0.2) is 0 Å². The Morgan fingerprint density at radius 1 is 1.41 bits per heavy atom. The number of H-pyrrole nitrogens is 1. The Bertz CT molecular complexity index is 536. The zero-order chi connectivity index (χ0) is 13.2. The average Bonchev–Trinajstić information content (AvgIpc) is 2.14. The number of aromatic nitrogens is 2. The maximum atomic E-state index is 11.4. The highest BCUT2D eigenvalue weighted by molar-refractivity contribution is 5.20. The standard InChI is InChI=1S/C10H15N3O4/c1-10(2,3)4-5-12-6-7(13(16)17)8(14)11-9(12)15/h6H,4-5H2,1-3H3,(H,11,14,15). The number of hydrogen-bond acceptors (Lipinski definition) is 4. The molecule has 0 spiro atoms. The number of aryl methyl sites for hydroxylation is 1. The molecule has 0 unspecified atom stereocenters. The van der Waals surface area contributed by atoms with E-state index in [-0.39, 0.29) is 5.41 Å². The van der Waals surface area contributed by atoms with Gasteiger partial charge in [0.1, 0.15) is 0 Å². The second-order valence-corrected chi connectivity index (χ2v) is 5.03. The zero-order valence-electron chi connectivity index (χ0n) is 10.0. The van der Waals surface area contributed by atoms with E-state index in [1.54, 1.807) is 0 Å². The average molecular weight is 241 g/mol. The lowest BCUT2D eigenvalue weighted by atomic mass is 9.92. The van der Waals surface area contributed by atoms with Crippen molar-refractivity contribution in [1.29, 1.82) is 0 Å². The Morgan fingerprint density at radius 3 is 2.47 bits per heavy atom. The van der Waals surface area contributed by atoms with Crippen LogP contribution in [-0.4, -0.2) is 14.5 Å². The molecule has 0 saturated carbocycles. The molecule has 1 aromatic heterocycles. The number of nitrogens with zero attached hydrogens (tertiary/aromatic N) is 2. The first kappa shape index (κ1) is 13.1. The number of nitrogens with one attached hydrogen (secondary N) is 1. The molecule has 0 amide bonds. The first-order valence-electron chi connectivity index (χ1n) is 5.19. The van der Waals surface area contributed by atoms with E-state index in [4.69, 9.17) is 0 Å². The fraction of sp³-hybridized carbons (Fsp3) is 0.600. The SMILES string of the molecule is CC(C)(C)CCn1cc([N+](=O)[O-])c(=O)[nH]c1=O. The van der Waals surface area contributed by atoms with E-state index in [2.05, 4.69) is 0 Å². The van der Waals surface area contributed by atoms with Gasteiger partial charge in [0, 0.05) is 6.54 Å². The van der Waals surface area contributed by atoms with Gasteiger partial charge in [0.05, 0.1) is 11.1 Å². The fourth-order valence-electron chi connectivity index (χ4n) is 1.25. The minimum atomic E-state index is -0.966. The number of nitro groups is 1. The molecule has 94 valence electrons. The molecule has 0 bridgehead atoms. The van der Waals surface area contributed by atoms with Crippen LogP contribution in [0.1, 0.15) is 27.2 Å². The van der Waals surface area contributed by atoms with E-state index >= 15 is 0 Å². The van der Waals surface area contributed by atoms with Crippen molar-refractivity contribution in [3.05, 3.63) is 37.1 Å². The van der Waals surface area contributed by atoms with Gasteiger partial charge in [0.25, 0.3) is 0 Å². The van der Waals surface area contributed by atoms with Gasteiger partial charge in [0.2, 0.25) is 0 Å². The topological polar surface area (TPSA) is 98.0 Å². The third-order valence-electron chi connectivity index (χ3n) is 2.29. The van der Waals surface area contributed by atoms with E-state index in [1.807, 2.05) is 25.8 Å². The number of hydrogen-bond donors (Lipinski definition) is 1. The lowest BCUT2D eigenvalue weighted by Crippen LogP contribution is -2.31. The Morgan fingerprint density at radius 2 is 2.00 bits per heavy atom. The van der Waals surface area contributed by atoms with Gasteiger partial charge in [-0.05, 0) is 11.8 Å². The van der Waals surface area contributed by atoms with Crippen LogP contribution in [0.4, 0.5) is 5.69 Å². The normalized spacial score (nSPS) is 11.5. The Labute approximate surface area is 97.2 Å². The molecule has 1 aromatic rings. The van der Waals surface area contributed by atoms with Crippen molar-refractivity contribution in [1.82, 2.24) is 9.55 Å². The maximum Gasteiger partial charge on any atom is 0.350 e. The second kappa shape index (κ2) is 4.52. The molecule has 1 N–H and O–H groups in total. The van der Waals surface area contributed by atoms with Crippen molar-refractivity contribution in [2.45, 2.75) is 33.7 Å². The van der Waals surface area contributed by atoms with Crippen LogP contribution in [0.5, 0.6) is 0 Å². The van der Waals surface area contributed by atoms with Gasteiger partial charge >= 0.3 is 16.9 Å². The van der Waals surface area contributed by atoms with Gasteiger partial charge < -0.3 is 0 Å². The molecule has 17 heavy (non-hydrogen) atoms. The van der Waals surface area contributed by atoms with E-state index in [0.717, 1.165) is 10.8 Å². The van der Waals surface area contributed by atoms with Crippen molar-refractivity contribution in [3.8, 4) is 0 Å². The van der Waals surface area contributed by atoms with Crippen molar-refractivity contribution in [2.75, 3.05) is 0 Å². The molecular weight excluding hydrogens is 226 g/mol. The molecule has 1 rings (SSSR count). The molecule has 0 aliphatic rings. The van der Waals surface area contributed by atoms with Crippen molar-refractivity contribution >= 4 is 5.69 Å². The Hall–Kier alpha value is -1.92. The van der Waals surface area contributed by atoms with Crippen molar-refractivity contribution in [2.24, 2.45) is 5.41 Å². The molecule has 0 radical (unpaired) electrons. The number of aromatic amines is 1. The Balaban J connectivity index is 3.09.